The average molecular weight is 836 g/mol. The second-order valence-electron chi connectivity index (χ2n) is 17.1. The predicted octanol–water partition coefficient (Wildman–Crippen LogP) is 16.2. The Labute approximate surface area is 377 Å². The molecule has 64 heavy (non-hydrogen) atoms. The number of benzene rings is 9. The van der Waals surface area contributed by atoms with Crippen LogP contribution >= 0.6 is 11.3 Å². The third-order valence-electron chi connectivity index (χ3n) is 13.0. The van der Waals surface area contributed by atoms with Crippen LogP contribution in [0.5, 0.6) is 0 Å². The lowest BCUT2D eigenvalue weighted by atomic mass is 9.82. The van der Waals surface area contributed by atoms with E-state index in [1.807, 2.05) is 29.5 Å². The van der Waals surface area contributed by atoms with Crippen molar-refractivity contribution in [1.29, 1.82) is 0 Å². The van der Waals surface area contributed by atoms with Crippen LogP contribution in [0.4, 0.5) is 0 Å². The molecule has 0 aliphatic heterocycles. The van der Waals surface area contributed by atoms with Gasteiger partial charge in [-0.15, -0.1) is 11.3 Å². The van der Waals surface area contributed by atoms with Gasteiger partial charge in [-0.3, -0.25) is 0 Å². The van der Waals surface area contributed by atoms with E-state index in [4.69, 9.17) is 15.0 Å². The molecule has 0 amide bonds. The molecular weight excluding hydrogens is 795 g/mol. The quantitative estimate of drug-likeness (QED) is 0.161. The zero-order valence-corrected chi connectivity index (χ0v) is 36.3. The van der Waals surface area contributed by atoms with Crippen molar-refractivity contribution in [2.75, 3.05) is 0 Å². The molecule has 0 fully saturated rings. The van der Waals surface area contributed by atoms with E-state index in [0.29, 0.717) is 17.5 Å². The standard InChI is InChI=1S/C60H41N3S/c1-60(2)51-24-12-11-21-49(51)55-45(22-13-25-52(55)60)41-31-33-43(34-32-41)58-61-57(42-17-7-4-8-18-42)62-59(63-58)48-20-10-9-19-46(48)47-23-14-26-54-56(47)50-37-44(35-36-53(50)64-54)40-29-27-39(28-30-40)38-15-5-3-6-16-38/h3-37H,1-2H3. The van der Waals surface area contributed by atoms with E-state index in [9.17, 15) is 0 Å². The Bertz CT molecular complexity index is 3550. The fourth-order valence-electron chi connectivity index (χ4n) is 9.77. The topological polar surface area (TPSA) is 38.7 Å². The molecule has 0 saturated heterocycles. The predicted molar refractivity (Wildman–Crippen MR) is 268 cm³/mol. The number of aromatic nitrogens is 3. The van der Waals surface area contributed by atoms with Gasteiger partial charge in [0, 0.05) is 42.3 Å². The number of hydrogen-bond acceptors (Lipinski definition) is 4. The highest BCUT2D eigenvalue weighted by atomic mass is 32.1. The summed E-state index contributed by atoms with van der Waals surface area (Å²) in [6.45, 7) is 4.66. The number of rotatable bonds is 7. The van der Waals surface area contributed by atoms with E-state index in [1.54, 1.807) is 0 Å². The fourth-order valence-corrected chi connectivity index (χ4v) is 10.9. The van der Waals surface area contributed by atoms with Crippen molar-refractivity contribution >= 4 is 31.5 Å². The average Bonchev–Trinajstić information content (AvgIpc) is 3.86. The van der Waals surface area contributed by atoms with Crippen molar-refractivity contribution in [2.24, 2.45) is 0 Å². The maximum Gasteiger partial charge on any atom is 0.164 e. The highest BCUT2D eigenvalue weighted by Crippen LogP contribution is 2.52. The zero-order valence-electron chi connectivity index (χ0n) is 35.5. The summed E-state index contributed by atoms with van der Waals surface area (Å²) < 4.78 is 2.51. The highest BCUT2D eigenvalue weighted by molar-refractivity contribution is 7.26. The van der Waals surface area contributed by atoms with E-state index >= 15 is 0 Å². The molecule has 2 heterocycles. The summed E-state index contributed by atoms with van der Waals surface area (Å²) in [6.07, 6.45) is 0. The smallest absolute Gasteiger partial charge is 0.164 e. The summed E-state index contributed by atoms with van der Waals surface area (Å²) in [4.78, 5) is 15.6. The second kappa shape index (κ2) is 15.2. The first-order valence-corrected chi connectivity index (χ1v) is 22.7. The number of nitrogens with zero attached hydrogens (tertiary/aromatic N) is 3. The molecule has 0 bridgehead atoms. The Morgan fingerprint density at radius 3 is 1.55 bits per heavy atom. The van der Waals surface area contributed by atoms with Gasteiger partial charge in [0.25, 0.3) is 0 Å². The van der Waals surface area contributed by atoms with Gasteiger partial charge < -0.3 is 0 Å². The molecule has 0 N–H and O–H groups in total. The molecule has 302 valence electrons. The highest BCUT2D eigenvalue weighted by Gasteiger charge is 2.36. The minimum atomic E-state index is -0.0613. The number of fused-ring (bicyclic) bond motifs is 6. The van der Waals surface area contributed by atoms with Gasteiger partial charge in [-0.05, 0) is 85.0 Å². The monoisotopic (exact) mass is 835 g/mol. The molecule has 0 saturated carbocycles. The van der Waals surface area contributed by atoms with Crippen LogP contribution in [0.2, 0.25) is 0 Å². The van der Waals surface area contributed by atoms with Gasteiger partial charge in [0.1, 0.15) is 0 Å². The largest absolute Gasteiger partial charge is 0.208 e. The van der Waals surface area contributed by atoms with Crippen LogP contribution in [0.3, 0.4) is 0 Å². The summed E-state index contributed by atoms with van der Waals surface area (Å²) in [5, 5.41) is 2.48. The Morgan fingerprint density at radius 1 is 0.328 bits per heavy atom. The molecule has 2 aromatic heterocycles. The Balaban J connectivity index is 0.963. The molecule has 12 rings (SSSR count). The summed E-state index contributed by atoms with van der Waals surface area (Å²) in [7, 11) is 0. The number of hydrogen-bond donors (Lipinski definition) is 0. The van der Waals surface area contributed by atoms with Crippen LogP contribution in [-0.2, 0) is 5.41 Å². The van der Waals surface area contributed by atoms with Gasteiger partial charge in [-0.2, -0.15) is 0 Å². The van der Waals surface area contributed by atoms with Crippen molar-refractivity contribution in [3.05, 3.63) is 223 Å². The van der Waals surface area contributed by atoms with Crippen LogP contribution < -0.4 is 0 Å². The van der Waals surface area contributed by atoms with Gasteiger partial charge >= 0.3 is 0 Å². The lowest BCUT2D eigenvalue weighted by molar-refractivity contribution is 0.660. The van der Waals surface area contributed by atoms with Crippen LogP contribution in [0.1, 0.15) is 25.0 Å². The lowest BCUT2D eigenvalue weighted by Gasteiger charge is -2.21. The summed E-state index contributed by atoms with van der Waals surface area (Å²) in [5.74, 6) is 1.91. The van der Waals surface area contributed by atoms with E-state index in [-0.39, 0.29) is 5.41 Å². The lowest BCUT2D eigenvalue weighted by Crippen LogP contribution is -2.14. The first-order chi connectivity index (χ1) is 31.5. The first kappa shape index (κ1) is 37.9. The number of thiophene rings is 1. The van der Waals surface area contributed by atoms with Crippen LogP contribution in [-0.4, -0.2) is 15.0 Å². The molecule has 0 unspecified atom stereocenters. The molecule has 9 aromatic carbocycles. The van der Waals surface area contributed by atoms with Gasteiger partial charge in [0.15, 0.2) is 17.5 Å². The Morgan fingerprint density at radius 2 is 0.812 bits per heavy atom. The molecule has 3 nitrogen and oxygen atoms in total. The van der Waals surface area contributed by atoms with Crippen molar-refractivity contribution in [3.8, 4) is 89.8 Å². The Hall–Kier alpha value is -7.79. The molecule has 0 spiro atoms. The first-order valence-electron chi connectivity index (χ1n) is 21.8. The van der Waals surface area contributed by atoms with E-state index in [0.717, 1.165) is 27.8 Å². The fraction of sp³-hybridized carbons (Fsp3) is 0.0500. The van der Waals surface area contributed by atoms with Crippen molar-refractivity contribution < 1.29 is 0 Å². The normalized spacial score (nSPS) is 12.7. The molecule has 0 atom stereocenters. The van der Waals surface area contributed by atoms with Crippen molar-refractivity contribution in [1.82, 2.24) is 15.0 Å². The zero-order chi connectivity index (χ0) is 42.8. The second-order valence-corrected chi connectivity index (χ2v) is 18.2. The van der Waals surface area contributed by atoms with Crippen LogP contribution in [0, 0.1) is 0 Å². The van der Waals surface area contributed by atoms with Crippen molar-refractivity contribution in [3.63, 3.8) is 0 Å². The van der Waals surface area contributed by atoms with Crippen LogP contribution in [0.15, 0.2) is 212 Å². The molecule has 0 radical (unpaired) electrons. The molecule has 1 aliphatic carbocycles. The summed E-state index contributed by atoms with van der Waals surface area (Å²) >= 11 is 1.84. The molecule has 1 aliphatic rings. The van der Waals surface area contributed by atoms with Gasteiger partial charge in [0.2, 0.25) is 0 Å². The van der Waals surface area contributed by atoms with Crippen LogP contribution in [0.25, 0.3) is 110 Å². The molecular formula is C60H41N3S. The van der Waals surface area contributed by atoms with Gasteiger partial charge in [-0.1, -0.05) is 208 Å². The maximum atomic E-state index is 5.29. The van der Waals surface area contributed by atoms with Crippen molar-refractivity contribution in [2.45, 2.75) is 19.3 Å². The summed E-state index contributed by atoms with van der Waals surface area (Å²) in [6, 6.07) is 76.1. The molecule has 4 heteroatoms. The van der Waals surface area contributed by atoms with Gasteiger partial charge in [0.05, 0.1) is 0 Å². The van der Waals surface area contributed by atoms with Gasteiger partial charge in [-0.25, -0.2) is 15.0 Å². The third kappa shape index (κ3) is 6.37. The SMILES string of the molecule is CC1(C)c2ccccc2-c2c(-c3ccc(-c4nc(-c5ccccc5)nc(-c5ccccc5-c5cccc6sc7ccc(-c8ccc(-c9ccccc9)cc8)cc7c56)n4)cc3)cccc21. The maximum absolute atomic E-state index is 5.29. The Kier molecular flexibility index (Phi) is 9.03. The minimum Gasteiger partial charge on any atom is -0.208 e. The van der Waals surface area contributed by atoms with E-state index in [2.05, 4.69) is 208 Å². The molecule has 11 aromatic rings. The minimum absolute atomic E-state index is 0.0613. The van der Waals surface area contributed by atoms with E-state index < -0.39 is 0 Å². The summed E-state index contributed by atoms with van der Waals surface area (Å²) in [5.41, 5.74) is 17.6. The van der Waals surface area contributed by atoms with E-state index in [1.165, 1.54) is 75.8 Å². The third-order valence-corrected chi connectivity index (χ3v) is 14.1.